The van der Waals surface area contributed by atoms with E-state index in [1.807, 2.05) is 30.3 Å². The Balaban J connectivity index is 1.57. The molecule has 37 heavy (non-hydrogen) atoms. The molecule has 3 N–H and O–H groups in total. The third kappa shape index (κ3) is 6.53. The van der Waals surface area contributed by atoms with Gasteiger partial charge in [0.25, 0.3) is 0 Å². The van der Waals surface area contributed by atoms with Gasteiger partial charge in [0.2, 0.25) is 0 Å². The summed E-state index contributed by atoms with van der Waals surface area (Å²) in [6.45, 7) is 3.90. The summed E-state index contributed by atoms with van der Waals surface area (Å²) in [5.41, 5.74) is 1.95. The maximum atomic E-state index is 14.0. The molecular formula is C26H30BrF2N5O3. The molecule has 0 radical (unpaired) electrons. The first-order valence-corrected chi connectivity index (χ1v) is 12.8. The van der Waals surface area contributed by atoms with Crippen LogP contribution < -0.4 is 10.6 Å². The van der Waals surface area contributed by atoms with Crippen molar-refractivity contribution in [3.8, 4) is 5.69 Å². The molecule has 1 aromatic heterocycles. The number of ether oxygens (including phenoxy) is 1. The fourth-order valence-corrected chi connectivity index (χ4v) is 5.05. The minimum absolute atomic E-state index is 0.244. The molecule has 11 heteroatoms. The number of carbonyl (C=O) groups is 1. The lowest BCUT2D eigenvalue weighted by molar-refractivity contribution is 0.159. The van der Waals surface area contributed by atoms with Crippen molar-refractivity contribution in [3.63, 3.8) is 0 Å². The van der Waals surface area contributed by atoms with E-state index in [2.05, 4.69) is 36.6 Å². The first kappa shape index (κ1) is 27.2. The molecule has 2 aromatic carbocycles. The molecule has 0 saturated carbocycles. The number of aliphatic hydroxyl groups is 1. The largest absolute Gasteiger partial charge is 0.393 e. The van der Waals surface area contributed by atoms with Crippen LogP contribution in [0.5, 0.6) is 0 Å². The third-order valence-corrected chi connectivity index (χ3v) is 7.14. The lowest BCUT2D eigenvalue weighted by Crippen LogP contribution is -2.42. The zero-order valence-corrected chi connectivity index (χ0v) is 22.2. The highest BCUT2D eigenvalue weighted by Gasteiger charge is 2.35. The summed E-state index contributed by atoms with van der Waals surface area (Å²) in [6.07, 6.45) is -0.322. The first-order valence-electron chi connectivity index (χ1n) is 12.0. The van der Waals surface area contributed by atoms with Crippen LogP contribution in [0.25, 0.3) is 5.69 Å². The molecule has 1 aliphatic heterocycles. The monoisotopic (exact) mass is 577 g/mol. The quantitative estimate of drug-likeness (QED) is 0.356. The van der Waals surface area contributed by atoms with Crippen molar-refractivity contribution in [1.29, 1.82) is 0 Å². The zero-order chi connectivity index (χ0) is 26.5. The highest BCUT2D eigenvalue weighted by Crippen LogP contribution is 2.31. The van der Waals surface area contributed by atoms with Gasteiger partial charge in [-0.05, 0) is 52.7 Å². The molecular weight excluding hydrogens is 548 g/mol. The van der Waals surface area contributed by atoms with E-state index < -0.39 is 23.8 Å². The number of rotatable bonds is 9. The highest BCUT2D eigenvalue weighted by atomic mass is 79.9. The van der Waals surface area contributed by atoms with E-state index in [9.17, 15) is 18.7 Å². The molecule has 198 valence electrons. The number of likely N-dealkylation sites (tertiary alicyclic amines) is 1. The van der Waals surface area contributed by atoms with Crippen molar-refractivity contribution in [3.05, 3.63) is 75.9 Å². The molecule has 0 spiro atoms. The van der Waals surface area contributed by atoms with Gasteiger partial charge in [0, 0.05) is 39.1 Å². The number of nitrogens with zero attached hydrogens (tertiary/aromatic N) is 3. The van der Waals surface area contributed by atoms with Crippen LogP contribution in [0.4, 0.5) is 19.4 Å². The second kappa shape index (κ2) is 12.1. The van der Waals surface area contributed by atoms with Gasteiger partial charge in [0.05, 0.1) is 34.6 Å². The Kier molecular flexibility index (Phi) is 8.91. The van der Waals surface area contributed by atoms with Crippen molar-refractivity contribution >= 4 is 27.8 Å². The van der Waals surface area contributed by atoms with Crippen LogP contribution in [0.2, 0.25) is 0 Å². The number of hydrogen-bond acceptors (Lipinski definition) is 5. The van der Waals surface area contributed by atoms with Crippen LogP contribution in [-0.2, 0) is 11.2 Å². The number of carbonyl (C=O) groups excluding carboxylic acids is 1. The Bertz CT molecular complexity index is 1220. The Labute approximate surface area is 222 Å². The van der Waals surface area contributed by atoms with E-state index in [0.29, 0.717) is 54.2 Å². The average Bonchev–Trinajstić information content (AvgIpc) is 3.40. The van der Waals surface area contributed by atoms with Gasteiger partial charge in [-0.3, -0.25) is 10.2 Å². The summed E-state index contributed by atoms with van der Waals surface area (Å²) in [6, 6.07) is 12.4. The molecule has 1 fully saturated rings. The maximum Gasteiger partial charge on any atom is 0.320 e. The molecule has 8 nitrogen and oxygen atoms in total. The number of hydrogen-bond donors (Lipinski definition) is 3. The average molecular weight is 578 g/mol. The third-order valence-electron chi connectivity index (χ3n) is 6.31. The van der Waals surface area contributed by atoms with Crippen LogP contribution in [0, 0.1) is 11.6 Å². The van der Waals surface area contributed by atoms with Gasteiger partial charge in [-0.1, -0.05) is 24.3 Å². The predicted molar refractivity (Wildman–Crippen MR) is 140 cm³/mol. The maximum absolute atomic E-state index is 14.0. The SMILES string of the molecule is COCCN1C[C@@H](NC(=O)Nc2c(Br)c(C[C@@H](C)O)nn2-c2ccccc2)[C@H](c2ccc(F)c(F)c2)C1. The molecule has 2 heterocycles. The van der Waals surface area contributed by atoms with Gasteiger partial charge in [-0.15, -0.1) is 0 Å². The van der Waals surface area contributed by atoms with Gasteiger partial charge in [-0.2, -0.15) is 5.10 Å². The summed E-state index contributed by atoms with van der Waals surface area (Å²) in [4.78, 5) is 15.4. The number of benzene rings is 2. The molecule has 3 atom stereocenters. The Morgan fingerprint density at radius 3 is 2.65 bits per heavy atom. The number of methoxy groups -OCH3 is 1. The van der Waals surface area contributed by atoms with Gasteiger partial charge >= 0.3 is 6.03 Å². The summed E-state index contributed by atoms with van der Waals surface area (Å²) < 4.78 is 34.9. The summed E-state index contributed by atoms with van der Waals surface area (Å²) in [7, 11) is 1.62. The number of urea groups is 1. The number of amides is 2. The van der Waals surface area contributed by atoms with Crippen molar-refractivity contribution in [2.75, 3.05) is 38.7 Å². The topological polar surface area (TPSA) is 91.7 Å². The fourth-order valence-electron chi connectivity index (χ4n) is 4.55. The van der Waals surface area contributed by atoms with Crippen molar-refractivity contribution in [1.82, 2.24) is 20.0 Å². The Morgan fingerprint density at radius 1 is 1.22 bits per heavy atom. The van der Waals surface area contributed by atoms with Crippen molar-refractivity contribution in [2.45, 2.75) is 31.4 Å². The molecule has 0 bridgehead atoms. The minimum Gasteiger partial charge on any atom is -0.393 e. The zero-order valence-electron chi connectivity index (χ0n) is 20.6. The number of halogens is 3. The van der Waals surface area contributed by atoms with E-state index in [0.717, 1.165) is 11.8 Å². The number of aliphatic hydroxyl groups excluding tert-OH is 1. The highest BCUT2D eigenvalue weighted by molar-refractivity contribution is 9.10. The smallest absolute Gasteiger partial charge is 0.320 e. The van der Waals surface area contributed by atoms with E-state index >= 15 is 0 Å². The second-order valence-electron chi connectivity index (χ2n) is 9.15. The Morgan fingerprint density at radius 2 is 1.97 bits per heavy atom. The predicted octanol–water partition coefficient (Wildman–Crippen LogP) is 4.07. The molecule has 1 aliphatic rings. The van der Waals surface area contributed by atoms with Gasteiger partial charge in [0.1, 0.15) is 0 Å². The van der Waals surface area contributed by atoms with Gasteiger partial charge in [-0.25, -0.2) is 18.3 Å². The Hall–Kier alpha value is -2.86. The summed E-state index contributed by atoms with van der Waals surface area (Å²) >= 11 is 3.53. The van der Waals surface area contributed by atoms with Crippen LogP contribution >= 0.6 is 15.9 Å². The number of para-hydroxylation sites is 1. The first-order chi connectivity index (χ1) is 17.8. The van der Waals surface area contributed by atoms with E-state index in [1.165, 1.54) is 6.07 Å². The number of nitrogens with one attached hydrogen (secondary N) is 2. The van der Waals surface area contributed by atoms with Crippen LogP contribution in [0.3, 0.4) is 0 Å². The van der Waals surface area contributed by atoms with Gasteiger partial charge in [0.15, 0.2) is 17.5 Å². The lowest BCUT2D eigenvalue weighted by Gasteiger charge is -2.21. The lowest BCUT2D eigenvalue weighted by atomic mass is 9.94. The number of anilines is 1. The molecule has 0 aliphatic carbocycles. The molecule has 2 amide bonds. The van der Waals surface area contributed by atoms with Crippen LogP contribution in [0.15, 0.2) is 53.0 Å². The minimum atomic E-state index is -0.919. The van der Waals surface area contributed by atoms with Crippen LogP contribution in [-0.4, -0.2) is 71.3 Å². The van der Waals surface area contributed by atoms with Crippen LogP contribution in [0.1, 0.15) is 24.1 Å². The second-order valence-corrected chi connectivity index (χ2v) is 9.94. The van der Waals surface area contributed by atoms with E-state index in [4.69, 9.17) is 4.74 Å². The normalized spacial score (nSPS) is 18.6. The number of aromatic nitrogens is 2. The fraction of sp³-hybridized carbons (Fsp3) is 0.385. The molecule has 0 unspecified atom stereocenters. The van der Waals surface area contributed by atoms with E-state index in [1.54, 1.807) is 24.8 Å². The van der Waals surface area contributed by atoms with Gasteiger partial charge < -0.3 is 15.2 Å². The molecule has 3 aromatic rings. The van der Waals surface area contributed by atoms with E-state index in [-0.39, 0.29) is 12.0 Å². The summed E-state index contributed by atoms with van der Waals surface area (Å²) in [5, 5.41) is 20.4. The molecule has 1 saturated heterocycles. The van der Waals surface area contributed by atoms with Crippen molar-refractivity contribution < 1.29 is 23.4 Å². The van der Waals surface area contributed by atoms with Crippen molar-refractivity contribution in [2.24, 2.45) is 0 Å². The summed E-state index contributed by atoms with van der Waals surface area (Å²) in [5.74, 6) is -1.66. The molecule has 4 rings (SSSR count). The standard InChI is InChI=1S/C26H30BrF2N5O3/c1-16(35)12-22-24(27)25(34(32-22)18-6-4-3-5-7-18)31-26(36)30-23-15-33(10-11-37-2)14-19(23)17-8-9-20(28)21(29)13-17/h3-9,13,16,19,23,35H,10-12,14-15H2,1-2H3,(H2,30,31,36)/t16-,19+,23-/m1/s1.